The number of ether oxygens (including phenoxy) is 1. The maximum absolute atomic E-state index is 9.04. The van der Waals surface area contributed by atoms with Crippen molar-refractivity contribution in [3.63, 3.8) is 0 Å². The van der Waals surface area contributed by atoms with Crippen LogP contribution in [-0.2, 0) is 13.2 Å². The van der Waals surface area contributed by atoms with Crippen molar-refractivity contribution in [2.75, 3.05) is 0 Å². The molecule has 0 atom stereocenters. The highest BCUT2D eigenvalue weighted by Crippen LogP contribution is 2.26. The van der Waals surface area contributed by atoms with Gasteiger partial charge in [-0.2, -0.15) is 0 Å². The Balaban J connectivity index is 2.11. The van der Waals surface area contributed by atoms with Crippen LogP contribution in [0.1, 0.15) is 11.1 Å². The third-order valence-corrected chi connectivity index (χ3v) is 3.23. The van der Waals surface area contributed by atoms with Gasteiger partial charge in [-0.25, -0.2) is 0 Å². The summed E-state index contributed by atoms with van der Waals surface area (Å²) >= 11 is 12.1. The molecule has 0 aliphatic heterocycles. The summed E-state index contributed by atoms with van der Waals surface area (Å²) < 4.78 is 5.62. The predicted molar refractivity (Wildman–Crippen MR) is 73.2 cm³/mol. The Morgan fingerprint density at radius 2 is 1.67 bits per heavy atom. The molecule has 0 unspecified atom stereocenters. The minimum atomic E-state index is -0.00987. The zero-order valence-corrected chi connectivity index (χ0v) is 11.1. The topological polar surface area (TPSA) is 29.5 Å². The summed E-state index contributed by atoms with van der Waals surface area (Å²) in [4.78, 5) is 0. The van der Waals surface area contributed by atoms with Gasteiger partial charge in [-0.05, 0) is 29.8 Å². The number of hydrogen-bond acceptors (Lipinski definition) is 2. The van der Waals surface area contributed by atoms with Gasteiger partial charge < -0.3 is 9.84 Å². The largest absolute Gasteiger partial charge is 0.489 e. The van der Waals surface area contributed by atoms with Gasteiger partial charge in [0.2, 0.25) is 0 Å². The first-order valence-corrected chi connectivity index (χ1v) is 6.22. The van der Waals surface area contributed by atoms with E-state index in [-0.39, 0.29) is 6.61 Å². The highest BCUT2D eigenvalue weighted by Gasteiger charge is 2.06. The van der Waals surface area contributed by atoms with E-state index in [9.17, 15) is 0 Å². The van der Waals surface area contributed by atoms with Gasteiger partial charge in [0.1, 0.15) is 12.4 Å². The Morgan fingerprint density at radius 3 is 2.33 bits per heavy atom. The number of benzene rings is 2. The molecule has 2 nitrogen and oxygen atoms in total. The lowest BCUT2D eigenvalue weighted by Crippen LogP contribution is -1.98. The van der Waals surface area contributed by atoms with E-state index in [1.807, 2.05) is 18.2 Å². The summed E-state index contributed by atoms with van der Waals surface area (Å²) in [5.41, 5.74) is 1.56. The molecule has 0 fully saturated rings. The molecule has 0 amide bonds. The quantitative estimate of drug-likeness (QED) is 0.916. The van der Waals surface area contributed by atoms with E-state index in [1.165, 1.54) is 0 Å². The van der Waals surface area contributed by atoms with Crippen molar-refractivity contribution < 1.29 is 9.84 Å². The van der Waals surface area contributed by atoms with Crippen LogP contribution in [0.25, 0.3) is 0 Å². The van der Waals surface area contributed by atoms with Crippen LogP contribution in [0, 0.1) is 0 Å². The maximum atomic E-state index is 9.04. The number of aliphatic hydroxyl groups excluding tert-OH is 1. The lowest BCUT2D eigenvalue weighted by molar-refractivity contribution is 0.278. The molecule has 18 heavy (non-hydrogen) atoms. The van der Waals surface area contributed by atoms with Gasteiger partial charge in [0.05, 0.1) is 6.61 Å². The van der Waals surface area contributed by atoms with E-state index in [0.29, 0.717) is 22.4 Å². The SMILES string of the molecule is OCc1cccc(OCc2c(Cl)cccc2Cl)c1. The molecule has 0 aromatic heterocycles. The normalized spacial score (nSPS) is 10.4. The van der Waals surface area contributed by atoms with Crippen molar-refractivity contribution in [3.05, 3.63) is 63.6 Å². The third kappa shape index (κ3) is 3.16. The van der Waals surface area contributed by atoms with Gasteiger partial charge in [0.25, 0.3) is 0 Å². The maximum Gasteiger partial charge on any atom is 0.120 e. The van der Waals surface area contributed by atoms with Crippen molar-refractivity contribution in [1.82, 2.24) is 0 Å². The summed E-state index contributed by atoms with van der Waals surface area (Å²) in [5.74, 6) is 0.678. The average molecular weight is 283 g/mol. The number of aliphatic hydroxyl groups is 1. The predicted octanol–water partition coefficient (Wildman–Crippen LogP) is 4.06. The summed E-state index contributed by atoms with van der Waals surface area (Å²) in [6.07, 6.45) is 0. The molecular formula is C14H12Cl2O2. The second-order valence-electron chi connectivity index (χ2n) is 3.79. The zero-order valence-electron chi connectivity index (χ0n) is 9.57. The minimum absolute atomic E-state index is 0.00987. The van der Waals surface area contributed by atoms with E-state index in [1.54, 1.807) is 24.3 Å². The van der Waals surface area contributed by atoms with Crippen LogP contribution in [-0.4, -0.2) is 5.11 Å². The van der Waals surface area contributed by atoms with Crippen LogP contribution in [0.2, 0.25) is 10.0 Å². The first-order chi connectivity index (χ1) is 8.70. The summed E-state index contributed by atoms with van der Waals surface area (Å²) in [6.45, 7) is 0.289. The van der Waals surface area contributed by atoms with Gasteiger partial charge >= 0.3 is 0 Å². The average Bonchev–Trinajstić information content (AvgIpc) is 2.38. The molecule has 0 saturated carbocycles. The molecule has 0 radical (unpaired) electrons. The van der Waals surface area contributed by atoms with E-state index < -0.39 is 0 Å². The lowest BCUT2D eigenvalue weighted by Gasteiger charge is -2.10. The molecule has 2 rings (SSSR count). The molecule has 2 aromatic rings. The van der Waals surface area contributed by atoms with Gasteiger partial charge in [-0.1, -0.05) is 41.4 Å². The number of hydrogen-bond donors (Lipinski definition) is 1. The second-order valence-corrected chi connectivity index (χ2v) is 4.61. The monoisotopic (exact) mass is 282 g/mol. The molecule has 0 aliphatic carbocycles. The number of halogens is 2. The van der Waals surface area contributed by atoms with E-state index in [0.717, 1.165) is 11.1 Å². The highest BCUT2D eigenvalue weighted by atomic mass is 35.5. The van der Waals surface area contributed by atoms with Gasteiger partial charge in [0.15, 0.2) is 0 Å². The molecule has 4 heteroatoms. The van der Waals surface area contributed by atoms with Crippen LogP contribution in [0.15, 0.2) is 42.5 Å². The Kier molecular flexibility index (Phi) is 4.48. The fourth-order valence-corrected chi connectivity index (χ4v) is 2.07. The van der Waals surface area contributed by atoms with Crippen LogP contribution in [0.5, 0.6) is 5.75 Å². The first kappa shape index (κ1) is 13.2. The Bertz CT molecular complexity index is 521. The molecule has 0 heterocycles. The second kappa shape index (κ2) is 6.10. The molecular weight excluding hydrogens is 271 g/mol. The van der Waals surface area contributed by atoms with Crippen LogP contribution >= 0.6 is 23.2 Å². The molecule has 2 aromatic carbocycles. The van der Waals surface area contributed by atoms with Gasteiger partial charge in [0, 0.05) is 15.6 Å². The van der Waals surface area contributed by atoms with Crippen LogP contribution in [0.4, 0.5) is 0 Å². The highest BCUT2D eigenvalue weighted by molar-refractivity contribution is 6.35. The van der Waals surface area contributed by atoms with Crippen molar-refractivity contribution in [2.45, 2.75) is 13.2 Å². The molecule has 1 N–H and O–H groups in total. The van der Waals surface area contributed by atoms with Crippen molar-refractivity contribution in [2.24, 2.45) is 0 Å². The summed E-state index contributed by atoms with van der Waals surface area (Å²) in [7, 11) is 0. The lowest BCUT2D eigenvalue weighted by atomic mass is 10.2. The smallest absolute Gasteiger partial charge is 0.120 e. The van der Waals surface area contributed by atoms with Gasteiger partial charge in [-0.15, -0.1) is 0 Å². The van der Waals surface area contributed by atoms with E-state index in [2.05, 4.69) is 0 Å². The molecule has 0 saturated heterocycles. The zero-order chi connectivity index (χ0) is 13.0. The molecule has 0 spiro atoms. The van der Waals surface area contributed by atoms with E-state index in [4.69, 9.17) is 33.0 Å². The minimum Gasteiger partial charge on any atom is -0.489 e. The van der Waals surface area contributed by atoms with Crippen LogP contribution in [0.3, 0.4) is 0 Å². The van der Waals surface area contributed by atoms with E-state index >= 15 is 0 Å². The fourth-order valence-electron chi connectivity index (χ4n) is 1.56. The van der Waals surface area contributed by atoms with Crippen molar-refractivity contribution in [3.8, 4) is 5.75 Å². The third-order valence-electron chi connectivity index (χ3n) is 2.53. The fraction of sp³-hybridized carbons (Fsp3) is 0.143. The molecule has 0 aliphatic rings. The molecule has 0 bridgehead atoms. The molecule has 94 valence electrons. The first-order valence-electron chi connectivity index (χ1n) is 5.46. The Labute approximate surface area is 116 Å². The Morgan fingerprint density at radius 1 is 1.00 bits per heavy atom. The van der Waals surface area contributed by atoms with Crippen molar-refractivity contribution >= 4 is 23.2 Å². The summed E-state index contributed by atoms with van der Waals surface area (Å²) in [6, 6.07) is 12.6. The van der Waals surface area contributed by atoms with Gasteiger partial charge in [-0.3, -0.25) is 0 Å². The Hall–Kier alpha value is -1.22. The summed E-state index contributed by atoms with van der Waals surface area (Å²) in [5, 5.41) is 10.2. The van der Waals surface area contributed by atoms with Crippen molar-refractivity contribution in [1.29, 1.82) is 0 Å². The number of rotatable bonds is 4. The standard InChI is InChI=1S/C14H12Cl2O2/c15-13-5-2-6-14(16)12(13)9-18-11-4-1-3-10(7-11)8-17/h1-7,17H,8-9H2. The van der Waals surface area contributed by atoms with Crippen LogP contribution < -0.4 is 4.74 Å².